The number of anilines is 1. The summed E-state index contributed by atoms with van der Waals surface area (Å²) in [7, 11) is -14.5. The van der Waals surface area contributed by atoms with Crippen LogP contribution in [0.3, 0.4) is 0 Å². The lowest BCUT2D eigenvalue weighted by Crippen LogP contribution is -2.33. The minimum Gasteiger partial charge on any atom is -0.387 e. The van der Waals surface area contributed by atoms with Crippen molar-refractivity contribution in [3.8, 4) is 0 Å². The number of phosphoric acid groups is 3. The van der Waals surface area contributed by atoms with Gasteiger partial charge in [-0.25, -0.2) is 38.4 Å². The first-order valence-electron chi connectivity index (χ1n) is 9.03. The quantitative estimate of drug-likeness (QED) is 0.123. The van der Waals surface area contributed by atoms with E-state index in [1.807, 2.05) is 0 Å². The molecule has 0 aliphatic carbocycles. The molecule has 3 rings (SSSR count). The number of fused-ring (bicyclic) bond motifs is 1. The van der Waals surface area contributed by atoms with Gasteiger partial charge in [0.05, 0.1) is 27.2 Å². The van der Waals surface area contributed by atoms with Gasteiger partial charge in [-0.2, -0.15) is 8.62 Å². The molecular weight excluding hydrogens is 547 g/mol. The monoisotopic (exact) mass is 567 g/mol. The number of nitrogens with two attached hydrogens (primary N) is 1. The zero-order chi connectivity index (χ0) is 26.0. The van der Waals surface area contributed by atoms with Crippen LogP contribution in [-0.2, 0) is 50.7 Å². The number of nitrogens with zero attached hydrogens (tertiary/aromatic N) is 4. The lowest BCUT2D eigenvalue weighted by Gasteiger charge is -2.22. The Labute approximate surface area is 195 Å². The van der Waals surface area contributed by atoms with Gasteiger partial charge in [0.15, 0.2) is 17.7 Å². The lowest BCUT2D eigenvalue weighted by atomic mass is 10.1. The molecule has 0 spiro atoms. The van der Waals surface area contributed by atoms with Gasteiger partial charge in [-0.05, 0) is 0 Å². The fourth-order valence-corrected chi connectivity index (χ4v) is 6.52. The third-order valence-corrected chi connectivity index (χ3v) is 8.51. The molecule has 0 aromatic carbocycles. The molecule has 6 N–H and O–H groups in total. The smallest absolute Gasteiger partial charge is 0.387 e. The fourth-order valence-electron chi connectivity index (χ4n) is 2.85. The Morgan fingerprint density at radius 3 is 2.31 bits per heavy atom. The van der Waals surface area contributed by atoms with Crippen LogP contribution in [0.5, 0.6) is 0 Å². The van der Waals surface area contributed by atoms with E-state index in [4.69, 9.17) is 24.8 Å². The second-order valence-electron chi connectivity index (χ2n) is 6.46. The zero-order valence-corrected chi connectivity index (χ0v) is 20.3. The maximum Gasteiger partial charge on any atom is 0.519 e. The number of imidazole rings is 1. The molecule has 0 bridgehead atoms. The van der Waals surface area contributed by atoms with Gasteiger partial charge in [0.25, 0.3) is 0 Å². The third-order valence-electron chi connectivity index (χ3n) is 4.13. The van der Waals surface area contributed by atoms with E-state index in [0.717, 1.165) is 20.5 Å². The molecule has 1 saturated heterocycles. The third kappa shape index (κ3) is 6.66. The van der Waals surface area contributed by atoms with E-state index >= 15 is 0 Å². The van der Waals surface area contributed by atoms with E-state index in [9.17, 15) is 23.9 Å². The second-order valence-corrected chi connectivity index (χ2v) is 11.1. The van der Waals surface area contributed by atoms with Crippen molar-refractivity contribution in [3.63, 3.8) is 0 Å². The second kappa shape index (κ2) is 10.9. The van der Waals surface area contributed by atoms with Crippen molar-refractivity contribution in [3.05, 3.63) is 12.7 Å². The Morgan fingerprint density at radius 1 is 1.03 bits per heavy atom. The van der Waals surface area contributed by atoms with Crippen molar-refractivity contribution in [2.24, 2.45) is 0 Å². The SMILES string of the molecule is COOP(=O)(OCC1OC(n2cnc3c(N)ncnc32)C(O)C1O)OP(=O)(OOC)OP(=O)(O)O. The van der Waals surface area contributed by atoms with Gasteiger partial charge in [0.2, 0.25) is 0 Å². The number of hydrogen-bond donors (Lipinski definition) is 5. The molecule has 0 radical (unpaired) electrons. The number of hydrogen-bond acceptors (Lipinski definition) is 17. The summed E-state index contributed by atoms with van der Waals surface area (Å²) in [6.45, 7) is -0.873. The van der Waals surface area contributed by atoms with Crippen LogP contribution in [0.1, 0.15) is 6.23 Å². The van der Waals surface area contributed by atoms with Crippen molar-refractivity contribution in [1.82, 2.24) is 19.5 Å². The predicted octanol–water partition coefficient (Wildman–Crippen LogP) is -0.458. The molecule has 0 amide bonds. The standard InChI is InChI=1S/C12H20N5O15P3/c1-25-29-34(23,32-35(24,30-26-2)31-33(20,21)22)27-3-6-8(18)9(19)12(28-6)17-5-16-7-10(13)14-4-15-11(7)17/h4-6,8-9,12,18-19H,3H2,1-2H3,(H2,13,14,15)(H2,20,21,22). The van der Waals surface area contributed by atoms with Gasteiger partial charge < -0.3 is 30.5 Å². The van der Waals surface area contributed by atoms with Crippen LogP contribution in [0.4, 0.5) is 5.82 Å². The van der Waals surface area contributed by atoms with Crippen LogP contribution in [0.2, 0.25) is 0 Å². The molecule has 6 atom stereocenters. The van der Waals surface area contributed by atoms with Crippen molar-refractivity contribution in [1.29, 1.82) is 0 Å². The van der Waals surface area contributed by atoms with Crippen molar-refractivity contribution < 1.29 is 70.7 Å². The van der Waals surface area contributed by atoms with E-state index in [0.29, 0.717) is 0 Å². The van der Waals surface area contributed by atoms with E-state index in [-0.39, 0.29) is 17.0 Å². The Hall–Kier alpha value is -1.44. The number of nitrogen functional groups attached to an aromatic ring is 1. The number of rotatable bonds is 12. The molecule has 1 aliphatic heterocycles. The summed E-state index contributed by atoms with van der Waals surface area (Å²) in [4.78, 5) is 37.8. The van der Waals surface area contributed by atoms with Gasteiger partial charge >= 0.3 is 23.5 Å². The Bertz CT molecular complexity index is 1170. The maximum absolute atomic E-state index is 12.8. The number of aromatic nitrogens is 4. The molecule has 3 heterocycles. The molecule has 35 heavy (non-hydrogen) atoms. The molecule has 0 saturated carbocycles. The highest BCUT2D eigenvalue weighted by Gasteiger charge is 2.49. The summed E-state index contributed by atoms with van der Waals surface area (Å²) in [5.41, 5.74) is 6.08. The topological polar surface area (TPSA) is 276 Å². The first-order chi connectivity index (χ1) is 16.3. The highest BCUT2D eigenvalue weighted by atomic mass is 31.3. The summed E-state index contributed by atoms with van der Waals surface area (Å²) < 4.78 is 64.5. The predicted molar refractivity (Wildman–Crippen MR) is 107 cm³/mol. The first kappa shape index (κ1) is 28.1. The number of ether oxygens (including phenoxy) is 1. The molecule has 2 aromatic rings. The Morgan fingerprint density at radius 2 is 1.69 bits per heavy atom. The summed E-state index contributed by atoms with van der Waals surface area (Å²) in [5, 5.41) is 20.8. The van der Waals surface area contributed by atoms with E-state index in [2.05, 4.69) is 42.7 Å². The van der Waals surface area contributed by atoms with Crippen LogP contribution in [0, 0.1) is 0 Å². The highest BCUT2D eigenvalue weighted by Crippen LogP contribution is 2.70. The summed E-state index contributed by atoms with van der Waals surface area (Å²) in [5.74, 6) is 0.0525. The maximum atomic E-state index is 12.8. The molecule has 1 fully saturated rings. The number of aliphatic hydroxyl groups is 2. The molecule has 6 unspecified atom stereocenters. The van der Waals surface area contributed by atoms with Gasteiger partial charge in [-0.3, -0.25) is 9.09 Å². The van der Waals surface area contributed by atoms with Gasteiger partial charge in [0, 0.05) is 0 Å². The minimum absolute atomic E-state index is 0.0525. The molecule has 2 aromatic heterocycles. The van der Waals surface area contributed by atoms with Crippen LogP contribution < -0.4 is 5.73 Å². The average Bonchev–Trinajstić information content (AvgIpc) is 3.28. The highest BCUT2D eigenvalue weighted by molar-refractivity contribution is 7.67. The van der Waals surface area contributed by atoms with E-state index < -0.39 is 54.6 Å². The largest absolute Gasteiger partial charge is 0.519 e. The van der Waals surface area contributed by atoms with Gasteiger partial charge in [-0.15, -0.1) is 9.35 Å². The average molecular weight is 567 g/mol. The summed E-state index contributed by atoms with van der Waals surface area (Å²) in [6, 6.07) is 0. The van der Waals surface area contributed by atoms with Crippen molar-refractivity contribution >= 4 is 40.4 Å². The summed E-state index contributed by atoms with van der Waals surface area (Å²) >= 11 is 0. The van der Waals surface area contributed by atoms with Crippen LogP contribution in [-0.4, -0.2) is 78.7 Å². The van der Waals surface area contributed by atoms with Crippen LogP contribution in [0.25, 0.3) is 11.2 Å². The normalized spacial score (nSPS) is 26.6. The van der Waals surface area contributed by atoms with Crippen molar-refractivity contribution in [2.45, 2.75) is 24.5 Å². The van der Waals surface area contributed by atoms with Crippen LogP contribution >= 0.6 is 23.5 Å². The van der Waals surface area contributed by atoms with Gasteiger partial charge in [-0.1, -0.05) is 0 Å². The fraction of sp³-hybridized carbons (Fsp3) is 0.583. The van der Waals surface area contributed by atoms with E-state index in [1.165, 1.54) is 10.9 Å². The molecule has 20 nitrogen and oxygen atoms in total. The summed E-state index contributed by atoms with van der Waals surface area (Å²) in [6.07, 6.45) is -3.57. The number of aliphatic hydroxyl groups excluding tert-OH is 2. The molecular formula is C12H20N5O15P3. The minimum atomic E-state index is -5.53. The van der Waals surface area contributed by atoms with E-state index in [1.54, 1.807) is 0 Å². The zero-order valence-electron chi connectivity index (χ0n) is 17.7. The Balaban J connectivity index is 1.76. The van der Waals surface area contributed by atoms with Crippen LogP contribution in [0.15, 0.2) is 12.7 Å². The Kier molecular flexibility index (Phi) is 8.76. The van der Waals surface area contributed by atoms with Gasteiger partial charge in [0.1, 0.15) is 30.2 Å². The first-order valence-corrected chi connectivity index (χ1v) is 13.5. The molecule has 23 heteroatoms. The van der Waals surface area contributed by atoms with Crippen molar-refractivity contribution in [2.75, 3.05) is 26.6 Å². The lowest BCUT2D eigenvalue weighted by molar-refractivity contribution is -0.210. The molecule has 1 aliphatic rings. The molecule has 198 valence electrons.